The highest BCUT2D eigenvalue weighted by Gasteiger charge is 2.26. The van der Waals surface area contributed by atoms with Crippen LogP contribution in [0.1, 0.15) is 59.1 Å². The summed E-state index contributed by atoms with van der Waals surface area (Å²) in [6.07, 6.45) is 1.77. The summed E-state index contributed by atoms with van der Waals surface area (Å²) in [5.74, 6) is -0.792. The zero-order chi connectivity index (χ0) is 18.5. The second kappa shape index (κ2) is 8.12. The normalized spacial score (nSPS) is 14.0. The molecule has 1 atom stereocenters. The number of hydrogen-bond donors (Lipinski definition) is 0. The number of rotatable bonds is 5. The molecular formula is C18H26FNO3S. The minimum atomic E-state index is -1.47. The summed E-state index contributed by atoms with van der Waals surface area (Å²) in [6, 6.07) is 4.63. The van der Waals surface area contributed by atoms with Crippen molar-refractivity contribution < 1.29 is 18.5 Å². The maximum Gasteiger partial charge on any atom is 0.306 e. The van der Waals surface area contributed by atoms with Gasteiger partial charge in [-0.1, -0.05) is 16.5 Å². The maximum absolute atomic E-state index is 14.1. The quantitative estimate of drug-likeness (QED) is 0.456. The number of carbonyl (C=O) groups is 1. The van der Waals surface area contributed by atoms with Crippen molar-refractivity contribution in [2.45, 2.75) is 64.7 Å². The summed E-state index contributed by atoms with van der Waals surface area (Å²) in [5.41, 5.74) is 0.349. The fraction of sp³-hybridized carbons (Fsp3) is 0.556. The van der Waals surface area contributed by atoms with Gasteiger partial charge in [0, 0.05) is 12.0 Å². The van der Waals surface area contributed by atoms with E-state index in [-0.39, 0.29) is 18.0 Å². The van der Waals surface area contributed by atoms with Crippen LogP contribution in [-0.4, -0.2) is 27.1 Å². The Hall–Kier alpha value is -1.40. The van der Waals surface area contributed by atoms with Gasteiger partial charge in [-0.25, -0.2) is 4.39 Å². The summed E-state index contributed by atoms with van der Waals surface area (Å²) in [4.78, 5) is 11.8. The summed E-state index contributed by atoms with van der Waals surface area (Å²) < 4.78 is 34.8. The molecule has 0 saturated heterocycles. The summed E-state index contributed by atoms with van der Waals surface area (Å²) in [7, 11) is 0. The van der Waals surface area contributed by atoms with Gasteiger partial charge in [-0.05, 0) is 59.6 Å². The molecule has 0 radical (unpaired) electrons. The van der Waals surface area contributed by atoms with Crippen LogP contribution in [0.25, 0.3) is 0 Å². The van der Waals surface area contributed by atoms with E-state index < -0.39 is 27.5 Å². The minimum absolute atomic E-state index is 0.143. The number of hydrogen-bond acceptors (Lipinski definition) is 4. The lowest BCUT2D eigenvalue weighted by molar-refractivity contribution is -0.154. The fourth-order valence-electron chi connectivity index (χ4n) is 1.83. The average molecular weight is 355 g/mol. The van der Waals surface area contributed by atoms with E-state index in [1.807, 2.05) is 0 Å². The summed E-state index contributed by atoms with van der Waals surface area (Å²) in [5, 5.41) is 0. The predicted octanol–water partition coefficient (Wildman–Crippen LogP) is 3.98. The highest BCUT2D eigenvalue weighted by atomic mass is 32.2. The molecule has 0 spiro atoms. The first kappa shape index (κ1) is 20.6. The number of halogens is 1. The molecule has 0 aliphatic heterocycles. The second-order valence-electron chi connectivity index (χ2n) is 7.50. The SMILES string of the molecule is CC(C)(C)OC(=O)CCc1cccc(F)c1/C=N/[S+]([O-])C(C)(C)C. The third-order valence-corrected chi connectivity index (χ3v) is 4.31. The van der Waals surface area contributed by atoms with Gasteiger partial charge in [-0.15, -0.1) is 0 Å². The van der Waals surface area contributed by atoms with E-state index in [0.717, 1.165) is 0 Å². The molecule has 0 aliphatic carbocycles. The fourth-order valence-corrected chi connectivity index (χ4v) is 2.35. The molecule has 1 aromatic rings. The molecule has 0 bridgehead atoms. The first-order valence-corrected chi connectivity index (χ1v) is 8.96. The molecule has 0 aromatic heterocycles. The Morgan fingerprint density at radius 2 is 1.92 bits per heavy atom. The molecule has 0 heterocycles. The monoisotopic (exact) mass is 355 g/mol. The topological polar surface area (TPSA) is 61.7 Å². The van der Waals surface area contributed by atoms with Crippen molar-refractivity contribution in [3.63, 3.8) is 0 Å². The number of benzene rings is 1. The van der Waals surface area contributed by atoms with Gasteiger partial charge in [0.05, 0.1) is 6.21 Å². The van der Waals surface area contributed by atoms with Gasteiger partial charge in [0.25, 0.3) is 0 Å². The van der Waals surface area contributed by atoms with Crippen molar-refractivity contribution in [1.29, 1.82) is 0 Å². The van der Waals surface area contributed by atoms with E-state index in [2.05, 4.69) is 4.40 Å². The lowest BCUT2D eigenvalue weighted by Crippen LogP contribution is -2.26. The molecule has 1 aromatic carbocycles. The van der Waals surface area contributed by atoms with Crippen molar-refractivity contribution in [1.82, 2.24) is 0 Å². The van der Waals surface area contributed by atoms with E-state index in [1.54, 1.807) is 53.7 Å². The van der Waals surface area contributed by atoms with Crippen molar-refractivity contribution >= 4 is 23.5 Å². The molecule has 6 heteroatoms. The van der Waals surface area contributed by atoms with E-state index in [1.165, 1.54) is 12.3 Å². The Bertz CT molecular complexity index is 603. The molecule has 4 nitrogen and oxygen atoms in total. The van der Waals surface area contributed by atoms with Gasteiger partial charge in [-0.3, -0.25) is 4.79 Å². The van der Waals surface area contributed by atoms with Crippen LogP contribution in [0.4, 0.5) is 4.39 Å². The van der Waals surface area contributed by atoms with Gasteiger partial charge >= 0.3 is 5.97 Å². The number of carbonyl (C=O) groups excluding carboxylic acids is 1. The Morgan fingerprint density at radius 1 is 1.29 bits per heavy atom. The number of ether oxygens (including phenoxy) is 1. The summed E-state index contributed by atoms with van der Waals surface area (Å²) >= 11 is -1.47. The average Bonchev–Trinajstić information content (AvgIpc) is 2.40. The van der Waals surface area contributed by atoms with Crippen LogP contribution in [-0.2, 0) is 27.3 Å². The van der Waals surface area contributed by atoms with E-state index >= 15 is 0 Å². The summed E-state index contributed by atoms with van der Waals surface area (Å²) in [6.45, 7) is 10.8. The zero-order valence-corrected chi connectivity index (χ0v) is 16.0. The molecule has 1 rings (SSSR count). The van der Waals surface area contributed by atoms with Crippen LogP contribution >= 0.6 is 0 Å². The van der Waals surface area contributed by atoms with Crippen LogP contribution < -0.4 is 0 Å². The maximum atomic E-state index is 14.1. The second-order valence-corrected chi connectivity index (χ2v) is 9.43. The number of aryl methyl sites for hydroxylation is 1. The first-order chi connectivity index (χ1) is 10.9. The smallest absolute Gasteiger partial charge is 0.306 e. The van der Waals surface area contributed by atoms with Crippen molar-refractivity contribution in [2.24, 2.45) is 4.40 Å². The van der Waals surface area contributed by atoms with Gasteiger partial charge in [-0.2, -0.15) is 0 Å². The van der Waals surface area contributed by atoms with Gasteiger partial charge in [0.2, 0.25) is 0 Å². The first-order valence-electron chi connectivity index (χ1n) is 7.85. The molecule has 0 aliphatic rings. The van der Waals surface area contributed by atoms with Gasteiger partial charge < -0.3 is 9.29 Å². The Morgan fingerprint density at radius 3 is 2.46 bits per heavy atom. The van der Waals surface area contributed by atoms with Crippen LogP contribution in [0.15, 0.2) is 22.6 Å². The van der Waals surface area contributed by atoms with Crippen LogP contribution in [0.2, 0.25) is 0 Å². The third-order valence-electron chi connectivity index (χ3n) is 2.96. The molecule has 1 unspecified atom stereocenters. The lowest BCUT2D eigenvalue weighted by atomic mass is 10.0. The lowest BCUT2D eigenvalue weighted by Gasteiger charge is -2.19. The predicted molar refractivity (Wildman–Crippen MR) is 96.1 cm³/mol. The molecule has 0 fully saturated rings. The highest BCUT2D eigenvalue weighted by molar-refractivity contribution is 7.91. The van der Waals surface area contributed by atoms with Crippen LogP contribution in [0.5, 0.6) is 0 Å². The Kier molecular flexibility index (Phi) is 6.98. The third kappa shape index (κ3) is 7.01. The zero-order valence-electron chi connectivity index (χ0n) is 15.2. The van der Waals surface area contributed by atoms with Gasteiger partial charge in [0.1, 0.15) is 27.5 Å². The van der Waals surface area contributed by atoms with Gasteiger partial charge in [0.15, 0.2) is 0 Å². The molecule has 24 heavy (non-hydrogen) atoms. The molecule has 0 saturated carbocycles. The highest BCUT2D eigenvalue weighted by Crippen LogP contribution is 2.19. The standard InChI is InChI=1S/C18H26FNO3S/c1-17(2,3)23-16(21)11-10-13-8-7-9-15(19)14(13)12-20-24(22)18(4,5)6/h7-9,12H,10-11H2,1-6H3/b20-12+. The number of nitrogens with zero attached hydrogens (tertiary/aromatic N) is 1. The Balaban J connectivity index is 2.88. The van der Waals surface area contributed by atoms with E-state index in [9.17, 15) is 13.7 Å². The largest absolute Gasteiger partial charge is 0.591 e. The van der Waals surface area contributed by atoms with Crippen LogP contribution in [0.3, 0.4) is 0 Å². The molecule has 134 valence electrons. The van der Waals surface area contributed by atoms with Crippen molar-refractivity contribution in [3.05, 3.63) is 35.1 Å². The minimum Gasteiger partial charge on any atom is -0.591 e. The van der Waals surface area contributed by atoms with E-state index in [4.69, 9.17) is 4.74 Å². The molecule has 0 N–H and O–H groups in total. The van der Waals surface area contributed by atoms with Crippen LogP contribution in [0, 0.1) is 5.82 Å². The number of esters is 1. The van der Waals surface area contributed by atoms with E-state index in [0.29, 0.717) is 12.0 Å². The van der Waals surface area contributed by atoms with Crippen molar-refractivity contribution in [2.75, 3.05) is 0 Å². The molecule has 0 amide bonds. The van der Waals surface area contributed by atoms with Crippen molar-refractivity contribution in [3.8, 4) is 0 Å². The molecular weight excluding hydrogens is 329 g/mol. The Labute approximate surface area is 146 Å².